The highest BCUT2D eigenvalue weighted by Gasteiger charge is 2.60. The molecule has 21 heavy (non-hydrogen) atoms. The Morgan fingerprint density at radius 2 is 1.19 bits per heavy atom. The normalized spacial score (nSPS) is 24.8. The average Bonchev–Trinajstić information content (AvgIpc) is 2.47. The summed E-state index contributed by atoms with van der Waals surface area (Å²) in [4.78, 5) is 2.39. The van der Waals surface area contributed by atoms with E-state index < -0.39 is 4.33 Å². The van der Waals surface area contributed by atoms with Crippen LogP contribution in [0, 0.1) is 0 Å². The lowest BCUT2D eigenvalue weighted by Gasteiger charge is -2.59. The van der Waals surface area contributed by atoms with Crippen molar-refractivity contribution < 1.29 is 0 Å². The van der Waals surface area contributed by atoms with Crippen LogP contribution in [-0.4, -0.2) is 15.3 Å². The molecule has 110 valence electrons. The van der Waals surface area contributed by atoms with Gasteiger partial charge in [0.1, 0.15) is 0 Å². The first-order chi connectivity index (χ1) is 10.0. The molecular formula is C18H19Cl2N. The smallest absolute Gasteiger partial charge is 0.157 e. The summed E-state index contributed by atoms with van der Waals surface area (Å²) < 4.78 is -0.813. The van der Waals surface area contributed by atoms with Gasteiger partial charge in [0, 0.05) is 6.04 Å². The standard InChI is InChI=1S/C18H19Cl2N/c1-13(2)21-16(14-9-5-3-6-10-14)18(19,20)17(21)15-11-7-4-8-12-15/h3-13,16-17H,1-2H3/t16-,17+. The summed E-state index contributed by atoms with van der Waals surface area (Å²) >= 11 is 13.5. The van der Waals surface area contributed by atoms with Gasteiger partial charge >= 0.3 is 0 Å². The quantitative estimate of drug-likeness (QED) is 0.688. The van der Waals surface area contributed by atoms with Gasteiger partial charge in [-0.15, -0.1) is 0 Å². The molecule has 0 bridgehead atoms. The number of nitrogens with zero attached hydrogens (tertiary/aromatic N) is 1. The minimum atomic E-state index is -0.813. The molecule has 1 heterocycles. The molecular weight excluding hydrogens is 301 g/mol. The third kappa shape index (κ3) is 2.48. The van der Waals surface area contributed by atoms with Crippen LogP contribution in [0.4, 0.5) is 0 Å². The molecule has 1 aliphatic rings. The third-order valence-corrected chi connectivity index (χ3v) is 4.98. The predicted molar refractivity (Wildman–Crippen MR) is 89.8 cm³/mol. The summed E-state index contributed by atoms with van der Waals surface area (Å²) in [5, 5.41) is 0. The lowest BCUT2D eigenvalue weighted by Crippen LogP contribution is -2.61. The molecule has 2 aromatic carbocycles. The van der Waals surface area contributed by atoms with Gasteiger partial charge in [-0.05, 0) is 25.0 Å². The van der Waals surface area contributed by atoms with Gasteiger partial charge in [0.15, 0.2) is 4.33 Å². The molecule has 0 saturated carbocycles. The summed E-state index contributed by atoms with van der Waals surface area (Å²) in [6.07, 6.45) is 0. The van der Waals surface area contributed by atoms with E-state index in [-0.39, 0.29) is 12.1 Å². The summed E-state index contributed by atoms with van der Waals surface area (Å²) in [5.74, 6) is 0. The van der Waals surface area contributed by atoms with Crippen LogP contribution in [0.1, 0.15) is 37.1 Å². The van der Waals surface area contributed by atoms with Gasteiger partial charge < -0.3 is 0 Å². The molecule has 1 fully saturated rings. The molecule has 2 aromatic rings. The Morgan fingerprint density at radius 3 is 1.52 bits per heavy atom. The van der Waals surface area contributed by atoms with E-state index in [0.29, 0.717) is 6.04 Å². The van der Waals surface area contributed by atoms with E-state index in [1.807, 2.05) is 36.4 Å². The minimum Gasteiger partial charge on any atom is -0.281 e. The first-order valence-corrected chi connectivity index (χ1v) is 8.04. The Bertz CT molecular complexity index is 546. The highest BCUT2D eigenvalue weighted by atomic mass is 35.5. The maximum absolute atomic E-state index is 6.77. The molecule has 1 nitrogen and oxygen atoms in total. The summed E-state index contributed by atoms with van der Waals surface area (Å²) in [6.45, 7) is 4.38. The first-order valence-electron chi connectivity index (χ1n) is 7.28. The van der Waals surface area contributed by atoms with Crippen molar-refractivity contribution in [3.8, 4) is 0 Å². The molecule has 0 unspecified atom stereocenters. The molecule has 0 spiro atoms. The van der Waals surface area contributed by atoms with E-state index in [9.17, 15) is 0 Å². The Kier molecular flexibility index (Phi) is 4.00. The summed E-state index contributed by atoms with van der Waals surface area (Å²) in [5.41, 5.74) is 2.34. The molecule has 3 heteroatoms. The van der Waals surface area contributed by atoms with Gasteiger partial charge in [-0.1, -0.05) is 83.9 Å². The second-order valence-electron chi connectivity index (χ2n) is 5.84. The number of likely N-dealkylation sites (tertiary alicyclic amines) is 1. The second kappa shape index (κ2) is 5.64. The van der Waals surface area contributed by atoms with Crippen LogP contribution in [0.15, 0.2) is 60.7 Å². The largest absolute Gasteiger partial charge is 0.281 e. The summed E-state index contributed by atoms with van der Waals surface area (Å²) in [7, 11) is 0. The topological polar surface area (TPSA) is 3.24 Å². The molecule has 1 saturated heterocycles. The van der Waals surface area contributed by atoms with Gasteiger partial charge in [-0.25, -0.2) is 0 Å². The fourth-order valence-corrected chi connectivity index (χ4v) is 4.22. The number of hydrogen-bond acceptors (Lipinski definition) is 1. The van der Waals surface area contributed by atoms with E-state index in [1.54, 1.807) is 0 Å². The Balaban J connectivity index is 2.01. The van der Waals surface area contributed by atoms with Gasteiger partial charge in [0.05, 0.1) is 12.1 Å². The van der Waals surface area contributed by atoms with Crippen molar-refractivity contribution in [2.75, 3.05) is 0 Å². The zero-order valence-corrected chi connectivity index (χ0v) is 13.7. The van der Waals surface area contributed by atoms with Gasteiger partial charge in [0.2, 0.25) is 0 Å². The lowest BCUT2D eigenvalue weighted by molar-refractivity contribution is -0.0298. The number of alkyl halides is 2. The molecule has 0 N–H and O–H groups in total. The SMILES string of the molecule is CC(C)N1[C@@H](c2ccccc2)C(Cl)(Cl)[C@H]1c1ccccc1. The van der Waals surface area contributed by atoms with Crippen LogP contribution in [0.3, 0.4) is 0 Å². The van der Waals surface area contributed by atoms with E-state index >= 15 is 0 Å². The van der Waals surface area contributed by atoms with E-state index in [0.717, 1.165) is 0 Å². The second-order valence-corrected chi connectivity index (χ2v) is 7.29. The van der Waals surface area contributed by atoms with Crippen molar-refractivity contribution >= 4 is 23.2 Å². The maximum Gasteiger partial charge on any atom is 0.157 e. The van der Waals surface area contributed by atoms with Crippen LogP contribution in [0.5, 0.6) is 0 Å². The highest BCUT2D eigenvalue weighted by Crippen LogP contribution is 2.62. The Labute approximate surface area is 136 Å². The van der Waals surface area contributed by atoms with Crippen LogP contribution >= 0.6 is 23.2 Å². The molecule has 3 rings (SSSR count). The van der Waals surface area contributed by atoms with Gasteiger partial charge in [-0.3, -0.25) is 4.90 Å². The van der Waals surface area contributed by atoms with Gasteiger partial charge in [-0.2, -0.15) is 0 Å². The van der Waals surface area contributed by atoms with Crippen molar-refractivity contribution in [1.82, 2.24) is 4.90 Å². The zero-order valence-electron chi connectivity index (χ0n) is 12.2. The monoisotopic (exact) mass is 319 g/mol. The van der Waals surface area contributed by atoms with Crippen molar-refractivity contribution in [2.45, 2.75) is 36.3 Å². The Hall–Kier alpha value is -1.02. The van der Waals surface area contributed by atoms with E-state index in [4.69, 9.17) is 23.2 Å². The highest BCUT2D eigenvalue weighted by molar-refractivity contribution is 6.50. The molecule has 0 amide bonds. The number of benzene rings is 2. The molecule has 2 atom stereocenters. The zero-order chi connectivity index (χ0) is 15.0. The Morgan fingerprint density at radius 1 is 0.810 bits per heavy atom. The van der Waals surface area contributed by atoms with Crippen molar-refractivity contribution in [3.05, 3.63) is 71.8 Å². The van der Waals surface area contributed by atoms with Crippen LogP contribution in [0.2, 0.25) is 0 Å². The average molecular weight is 320 g/mol. The first kappa shape index (κ1) is 14.9. The lowest BCUT2D eigenvalue weighted by atomic mass is 9.81. The van der Waals surface area contributed by atoms with Crippen LogP contribution < -0.4 is 0 Å². The maximum atomic E-state index is 6.77. The van der Waals surface area contributed by atoms with Crippen molar-refractivity contribution in [3.63, 3.8) is 0 Å². The predicted octanol–water partition coefficient (Wildman–Crippen LogP) is 5.37. The summed E-state index contributed by atoms with van der Waals surface area (Å²) in [6, 6.07) is 21.0. The molecule has 0 aliphatic carbocycles. The van der Waals surface area contributed by atoms with E-state index in [1.165, 1.54) is 11.1 Å². The minimum absolute atomic E-state index is 0.0206. The van der Waals surface area contributed by atoms with Crippen molar-refractivity contribution in [1.29, 1.82) is 0 Å². The molecule has 0 radical (unpaired) electrons. The fourth-order valence-electron chi connectivity index (χ4n) is 3.27. The number of rotatable bonds is 3. The third-order valence-electron chi connectivity index (χ3n) is 4.15. The van der Waals surface area contributed by atoms with Gasteiger partial charge in [0.25, 0.3) is 0 Å². The molecule has 0 aromatic heterocycles. The fraction of sp³-hybridized carbons (Fsp3) is 0.333. The molecule has 1 aliphatic heterocycles. The number of hydrogen-bond donors (Lipinski definition) is 0. The van der Waals surface area contributed by atoms with Crippen LogP contribution in [-0.2, 0) is 0 Å². The van der Waals surface area contributed by atoms with E-state index in [2.05, 4.69) is 43.0 Å². The number of halogens is 2. The van der Waals surface area contributed by atoms with Crippen molar-refractivity contribution in [2.24, 2.45) is 0 Å². The van der Waals surface area contributed by atoms with Crippen LogP contribution in [0.25, 0.3) is 0 Å².